The van der Waals surface area contributed by atoms with E-state index in [0.717, 1.165) is 11.5 Å². The molecule has 5 nitrogen and oxygen atoms in total. The van der Waals surface area contributed by atoms with Crippen molar-refractivity contribution >= 4 is 34.2 Å². The molecule has 0 aliphatic carbocycles. The molecule has 0 unspecified atom stereocenters. The van der Waals surface area contributed by atoms with Gasteiger partial charge in [0, 0.05) is 53.8 Å². The molecule has 4 rings (SSSR count). The maximum atomic E-state index is 14.3. The first kappa shape index (κ1) is 20.2. The van der Waals surface area contributed by atoms with Crippen molar-refractivity contribution in [2.45, 2.75) is 6.92 Å². The van der Waals surface area contributed by atoms with Crippen molar-refractivity contribution in [3.05, 3.63) is 65.5 Å². The lowest BCUT2D eigenvalue weighted by Gasteiger charge is -2.35. The molecule has 1 saturated heterocycles. The van der Waals surface area contributed by atoms with E-state index in [1.807, 2.05) is 6.92 Å². The van der Waals surface area contributed by atoms with Crippen molar-refractivity contribution in [2.24, 2.45) is 0 Å². The number of aromatic nitrogens is 2. The molecule has 3 aromatic rings. The number of rotatable bonds is 3. The average molecular weight is 429 g/mol. The molecular formula is C22H19ClF2N4O. The molecule has 0 atom stereocenters. The third-order valence-electron chi connectivity index (χ3n) is 5.12. The molecule has 0 radical (unpaired) electrons. The summed E-state index contributed by atoms with van der Waals surface area (Å²) in [5.74, 6) is -0.623. The highest BCUT2D eigenvalue weighted by Gasteiger charge is 2.23. The number of carbonyl (C=O) groups is 1. The topological polar surface area (TPSA) is 49.3 Å². The van der Waals surface area contributed by atoms with Gasteiger partial charge >= 0.3 is 0 Å². The van der Waals surface area contributed by atoms with E-state index in [0.29, 0.717) is 48.1 Å². The van der Waals surface area contributed by atoms with Gasteiger partial charge < -0.3 is 9.80 Å². The van der Waals surface area contributed by atoms with Crippen LogP contribution in [0.4, 0.5) is 14.6 Å². The monoisotopic (exact) mass is 428 g/mol. The van der Waals surface area contributed by atoms with Crippen molar-refractivity contribution in [1.82, 2.24) is 14.9 Å². The van der Waals surface area contributed by atoms with E-state index in [2.05, 4.69) is 14.9 Å². The van der Waals surface area contributed by atoms with Gasteiger partial charge in [-0.05, 0) is 37.3 Å². The van der Waals surface area contributed by atoms with Crippen molar-refractivity contribution in [3.63, 3.8) is 0 Å². The van der Waals surface area contributed by atoms with E-state index in [-0.39, 0.29) is 11.5 Å². The number of piperazine rings is 1. The molecule has 2 aromatic carbocycles. The number of hydrogen-bond donors (Lipinski definition) is 0. The Kier molecular flexibility index (Phi) is 5.63. The largest absolute Gasteiger partial charge is 0.352 e. The first-order valence-corrected chi connectivity index (χ1v) is 9.92. The summed E-state index contributed by atoms with van der Waals surface area (Å²) in [6.45, 7) is 4.24. The fraction of sp³-hybridized carbons (Fsp3) is 0.227. The summed E-state index contributed by atoms with van der Waals surface area (Å²) in [5, 5.41) is 1.06. The van der Waals surface area contributed by atoms with Crippen LogP contribution >= 0.6 is 11.6 Å². The summed E-state index contributed by atoms with van der Waals surface area (Å²) in [6, 6.07) is 6.78. The van der Waals surface area contributed by atoms with Gasteiger partial charge in [0.25, 0.3) is 0 Å². The Labute approximate surface area is 177 Å². The lowest BCUT2D eigenvalue weighted by atomic mass is 10.0. The molecule has 1 aliphatic rings. The number of amides is 1. The SMILES string of the molecule is C/C=C\C(=O)N1CCN(c2ncnc3cc(-c4ccc(F)cc4F)c(Cl)cc23)CC1. The first-order chi connectivity index (χ1) is 14.5. The van der Waals surface area contributed by atoms with E-state index < -0.39 is 11.6 Å². The normalized spacial score (nSPS) is 14.7. The fourth-order valence-electron chi connectivity index (χ4n) is 3.62. The van der Waals surface area contributed by atoms with E-state index in [9.17, 15) is 13.6 Å². The second-order valence-electron chi connectivity index (χ2n) is 6.98. The van der Waals surface area contributed by atoms with Crippen LogP contribution in [0.1, 0.15) is 6.92 Å². The number of hydrogen-bond acceptors (Lipinski definition) is 4. The van der Waals surface area contributed by atoms with E-state index in [1.165, 1.54) is 18.5 Å². The Bertz CT molecular complexity index is 1140. The molecule has 0 spiro atoms. The summed E-state index contributed by atoms with van der Waals surface area (Å²) in [7, 11) is 0. The molecule has 1 fully saturated rings. The number of halogens is 3. The number of nitrogens with zero attached hydrogens (tertiary/aromatic N) is 4. The van der Waals surface area contributed by atoms with Crippen LogP contribution in [-0.2, 0) is 4.79 Å². The predicted molar refractivity (Wildman–Crippen MR) is 114 cm³/mol. The number of anilines is 1. The van der Waals surface area contributed by atoms with Crippen LogP contribution in [0.15, 0.2) is 48.8 Å². The molecule has 2 heterocycles. The number of fused-ring (bicyclic) bond motifs is 1. The average Bonchev–Trinajstić information content (AvgIpc) is 2.73. The number of allylic oxidation sites excluding steroid dienone is 1. The van der Waals surface area contributed by atoms with Crippen LogP contribution in [0.5, 0.6) is 0 Å². The van der Waals surface area contributed by atoms with Crippen molar-refractivity contribution < 1.29 is 13.6 Å². The quantitative estimate of drug-likeness (QED) is 0.578. The predicted octanol–water partition coefficient (Wildman–Crippen LogP) is 4.45. The molecular weight excluding hydrogens is 410 g/mol. The second kappa shape index (κ2) is 8.36. The van der Waals surface area contributed by atoms with Crippen LogP contribution in [-0.4, -0.2) is 47.0 Å². The minimum atomic E-state index is -0.688. The maximum Gasteiger partial charge on any atom is 0.246 e. The van der Waals surface area contributed by atoms with Crippen molar-refractivity contribution in [1.29, 1.82) is 0 Å². The lowest BCUT2D eigenvalue weighted by molar-refractivity contribution is -0.126. The van der Waals surface area contributed by atoms with Crippen LogP contribution in [0.3, 0.4) is 0 Å². The van der Waals surface area contributed by atoms with Crippen LogP contribution in [0.25, 0.3) is 22.0 Å². The van der Waals surface area contributed by atoms with Crippen LogP contribution in [0, 0.1) is 11.6 Å². The van der Waals surface area contributed by atoms with Gasteiger partial charge in [0.15, 0.2) is 0 Å². The van der Waals surface area contributed by atoms with Crippen LogP contribution < -0.4 is 4.90 Å². The standard InChI is InChI=1S/C22H19ClF2N4O/c1-2-3-21(30)28-6-8-29(9-7-28)22-17-11-18(23)16(12-20(17)26-13-27-22)15-5-4-14(24)10-19(15)25/h2-5,10-13H,6-9H2,1H3/b3-2-. The molecule has 1 aliphatic heterocycles. The van der Waals surface area contributed by atoms with Gasteiger partial charge in [-0.2, -0.15) is 0 Å². The molecule has 154 valence electrons. The van der Waals surface area contributed by atoms with Gasteiger partial charge in [-0.1, -0.05) is 17.7 Å². The molecule has 1 aromatic heterocycles. The maximum absolute atomic E-state index is 14.3. The summed E-state index contributed by atoms with van der Waals surface area (Å²) < 4.78 is 27.5. The molecule has 1 amide bonds. The van der Waals surface area contributed by atoms with Crippen LogP contribution in [0.2, 0.25) is 5.02 Å². The van der Waals surface area contributed by atoms with Gasteiger partial charge in [-0.25, -0.2) is 18.7 Å². The Morgan fingerprint density at radius 3 is 2.53 bits per heavy atom. The molecule has 30 heavy (non-hydrogen) atoms. The highest BCUT2D eigenvalue weighted by Crippen LogP contribution is 2.36. The minimum Gasteiger partial charge on any atom is -0.352 e. The molecule has 0 bridgehead atoms. The van der Waals surface area contributed by atoms with Gasteiger partial charge in [0.05, 0.1) is 5.52 Å². The van der Waals surface area contributed by atoms with Crippen molar-refractivity contribution in [2.75, 3.05) is 31.1 Å². The van der Waals surface area contributed by atoms with E-state index in [4.69, 9.17) is 11.6 Å². The second-order valence-corrected chi connectivity index (χ2v) is 7.39. The smallest absolute Gasteiger partial charge is 0.246 e. The van der Waals surface area contributed by atoms with Gasteiger partial charge in [0.2, 0.25) is 5.91 Å². The third kappa shape index (κ3) is 3.85. The molecule has 8 heteroatoms. The number of carbonyl (C=O) groups excluding carboxylic acids is 1. The summed E-state index contributed by atoms with van der Waals surface area (Å²) in [5.41, 5.74) is 1.25. The summed E-state index contributed by atoms with van der Waals surface area (Å²) in [4.78, 5) is 24.7. The highest BCUT2D eigenvalue weighted by atomic mass is 35.5. The lowest BCUT2D eigenvalue weighted by Crippen LogP contribution is -2.48. The van der Waals surface area contributed by atoms with Gasteiger partial charge in [0.1, 0.15) is 23.8 Å². The third-order valence-corrected chi connectivity index (χ3v) is 5.44. The first-order valence-electron chi connectivity index (χ1n) is 9.54. The Balaban J connectivity index is 1.67. The minimum absolute atomic E-state index is 0.00120. The van der Waals surface area contributed by atoms with E-state index >= 15 is 0 Å². The summed E-state index contributed by atoms with van der Waals surface area (Å²) >= 11 is 6.46. The zero-order valence-corrected chi connectivity index (χ0v) is 17.0. The van der Waals surface area contributed by atoms with E-state index in [1.54, 1.807) is 29.2 Å². The molecule has 0 N–H and O–H groups in total. The zero-order chi connectivity index (χ0) is 21.3. The Morgan fingerprint density at radius 1 is 1.07 bits per heavy atom. The van der Waals surface area contributed by atoms with Crippen molar-refractivity contribution in [3.8, 4) is 11.1 Å². The number of benzene rings is 2. The zero-order valence-electron chi connectivity index (χ0n) is 16.3. The fourth-order valence-corrected chi connectivity index (χ4v) is 3.88. The molecule has 0 saturated carbocycles. The van der Waals surface area contributed by atoms with Gasteiger partial charge in [-0.3, -0.25) is 4.79 Å². The van der Waals surface area contributed by atoms with Gasteiger partial charge in [-0.15, -0.1) is 0 Å². The summed E-state index contributed by atoms with van der Waals surface area (Å²) in [6.07, 6.45) is 4.75. The Morgan fingerprint density at radius 2 is 1.83 bits per heavy atom. The highest BCUT2D eigenvalue weighted by molar-refractivity contribution is 6.34. The Hall–Kier alpha value is -3.06.